The van der Waals surface area contributed by atoms with Crippen LogP contribution in [0.5, 0.6) is 0 Å². The fourth-order valence-corrected chi connectivity index (χ4v) is 5.72. The van der Waals surface area contributed by atoms with Gasteiger partial charge in [0.1, 0.15) is 17.3 Å². The van der Waals surface area contributed by atoms with Crippen LogP contribution in [0.1, 0.15) is 41.4 Å². The molecule has 0 aliphatic carbocycles. The monoisotopic (exact) mass is 462 g/mol. The summed E-state index contributed by atoms with van der Waals surface area (Å²) < 4.78 is 27.6. The molecule has 3 aromatic rings. The lowest BCUT2D eigenvalue weighted by Crippen LogP contribution is -2.48. The first-order valence-electron chi connectivity index (χ1n) is 11.6. The van der Waals surface area contributed by atoms with Gasteiger partial charge in [-0.2, -0.15) is 0 Å². The van der Waals surface area contributed by atoms with Crippen LogP contribution in [0.25, 0.3) is 10.9 Å². The van der Waals surface area contributed by atoms with Crippen molar-refractivity contribution in [2.75, 3.05) is 26.2 Å². The number of aromatic nitrogens is 1. The van der Waals surface area contributed by atoms with Crippen LogP contribution in [0.3, 0.4) is 0 Å². The molecule has 1 aromatic heterocycles. The molecule has 0 saturated carbocycles. The Kier molecular flexibility index (Phi) is 4.88. The third-order valence-corrected chi connectivity index (χ3v) is 7.50. The van der Waals surface area contributed by atoms with Gasteiger partial charge < -0.3 is 4.90 Å². The molecule has 174 valence electrons. The molecule has 8 heteroatoms. The molecule has 2 aromatic carbocycles. The second-order valence-corrected chi connectivity index (χ2v) is 9.51. The third-order valence-electron chi connectivity index (χ3n) is 7.50. The van der Waals surface area contributed by atoms with Gasteiger partial charge in [-0.3, -0.25) is 14.6 Å². The molecule has 3 fully saturated rings. The van der Waals surface area contributed by atoms with Gasteiger partial charge in [-0.25, -0.2) is 18.8 Å². The lowest BCUT2D eigenvalue weighted by molar-refractivity contribution is -0.144. The highest BCUT2D eigenvalue weighted by molar-refractivity contribution is 5.95. The first-order chi connectivity index (χ1) is 16.4. The standard InChI is InChI=1S/C26H24F2N4O2/c27-19-13-18(14-20(28)15-19)23-7-10-31-16-26(25(34)32(23)31)8-11-30(12-9-26)24(33)22-6-5-17-3-1-2-4-21(17)29-22/h1-6,13-15,23H,7-12,16H2/t23-/m0/s1. The molecular formula is C26H24F2N4O2. The van der Waals surface area contributed by atoms with Crippen molar-refractivity contribution >= 4 is 22.7 Å². The smallest absolute Gasteiger partial charge is 0.272 e. The molecule has 2 amide bonds. The van der Waals surface area contributed by atoms with E-state index in [-0.39, 0.29) is 17.9 Å². The number of carbonyl (C=O) groups excluding carboxylic acids is 2. The SMILES string of the molecule is O=C(c1ccc2ccccc2n1)N1CCC2(CC1)CN1CC[C@@H](c3cc(F)cc(F)c3)N1C2=O. The lowest BCUT2D eigenvalue weighted by atomic mass is 9.77. The van der Waals surface area contributed by atoms with Crippen LogP contribution in [0, 0.1) is 17.0 Å². The van der Waals surface area contributed by atoms with Gasteiger partial charge in [-0.15, -0.1) is 0 Å². The van der Waals surface area contributed by atoms with Crippen LogP contribution in [0.4, 0.5) is 8.78 Å². The van der Waals surface area contributed by atoms with E-state index >= 15 is 0 Å². The average molecular weight is 463 g/mol. The quantitative estimate of drug-likeness (QED) is 0.579. The fraction of sp³-hybridized carbons (Fsp3) is 0.346. The predicted octanol–water partition coefficient (Wildman–Crippen LogP) is 3.94. The van der Waals surface area contributed by atoms with Crippen molar-refractivity contribution in [3.05, 3.63) is 77.5 Å². The summed E-state index contributed by atoms with van der Waals surface area (Å²) in [6.07, 6.45) is 1.76. The second-order valence-electron chi connectivity index (χ2n) is 9.51. The number of pyridine rings is 1. The summed E-state index contributed by atoms with van der Waals surface area (Å²) >= 11 is 0. The number of likely N-dealkylation sites (tertiary alicyclic amines) is 1. The van der Waals surface area contributed by atoms with Crippen LogP contribution in [-0.4, -0.2) is 57.9 Å². The largest absolute Gasteiger partial charge is 0.337 e. The van der Waals surface area contributed by atoms with Gasteiger partial charge >= 0.3 is 0 Å². The summed E-state index contributed by atoms with van der Waals surface area (Å²) in [5.74, 6) is -1.40. The van der Waals surface area contributed by atoms with E-state index in [4.69, 9.17) is 0 Å². The Morgan fingerprint density at radius 1 is 0.971 bits per heavy atom. The zero-order valence-electron chi connectivity index (χ0n) is 18.6. The van der Waals surface area contributed by atoms with Crippen molar-refractivity contribution in [3.63, 3.8) is 0 Å². The van der Waals surface area contributed by atoms with E-state index in [0.717, 1.165) is 17.0 Å². The number of carbonyl (C=O) groups is 2. The zero-order valence-corrected chi connectivity index (χ0v) is 18.6. The van der Waals surface area contributed by atoms with E-state index < -0.39 is 17.0 Å². The van der Waals surface area contributed by atoms with Crippen LogP contribution < -0.4 is 0 Å². The predicted molar refractivity (Wildman–Crippen MR) is 121 cm³/mol. The van der Waals surface area contributed by atoms with Gasteiger partial charge in [0.2, 0.25) is 5.91 Å². The molecule has 0 unspecified atom stereocenters. The molecule has 4 heterocycles. The van der Waals surface area contributed by atoms with Gasteiger partial charge in [0, 0.05) is 37.6 Å². The zero-order chi connectivity index (χ0) is 23.4. The minimum atomic E-state index is -0.635. The molecule has 6 rings (SSSR count). The highest BCUT2D eigenvalue weighted by atomic mass is 19.1. The summed E-state index contributed by atoms with van der Waals surface area (Å²) in [5, 5.41) is 4.70. The van der Waals surface area contributed by atoms with E-state index in [2.05, 4.69) is 4.98 Å². The highest BCUT2D eigenvalue weighted by Gasteiger charge is 2.56. The van der Waals surface area contributed by atoms with Crippen molar-refractivity contribution in [1.29, 1.82) is 0 Å². The molecule has 3 saturated heterocycles. The topological polar surface area (TPSA) is 56.8 Å². The number of halogens is 2. The number of amides is 2. The number of hydrazine groups is 1. The summed E-state index contributed by atoms with van der Waals surface area (Å²) in [4.78, 5) is 33.0. The van der Waals surface area contributed by atoms with Crippen molar-refractivity contribution in [2.45, 2.75) is 25.3 Å². The summed E-state index contributed by atoms with van der Waals surface area (Å²) in [6, 6.07) is 14.4. The van der Waals surface area contributed by atoms with E-state index in [1.54, 1.807) is 16.0 Å². The van der Waals surface area contributed by atoms with Gasteiger partial charge in [0.05, 0.1) is 17.0 Å². The number of hydrogen-bond donors (Lipinski definition) is 0. The first kappa shape index (κ1) is 21.2. The first-order valence-corrected chi connectivity index (χ1v) is 11.6. The Morgan fingerprint density at radius 3 is 2.47 bits per heavy atom. The molecule has 34 heavy (non-hydrogen) atoms. The van der Waals surface area contributed by atoms with Crippen molar-refractivity contribution < 1.29 is 18.4 Å². The van der Waals surface area contributed by atoms with E-state index in [0.29, 0.717) is 56.7 Å². The maximum atomic E-state index is 13.8. The number of rotatable bonds is 2. The third kappa shape index (κ3) is 3.36. The van der Waals surface area contributed by atoms with Gasteiger partial charge in [0.15, 0.2) is 0 Å². The highest BCUT2D eigenvalue weighted by Crippen LogP contribution is 2.47. The van der Waals surface area contributed by atoms with E-state index in [9.17, 15) is 18.4 Å². The van der Waals surface area contributed by atoms with E-state index in [1.807, 2.05) is 35.3 Å². The molecule has 0 N–H and O–H groups in total. The Hall–Kier alpha value is -3.39. The van der Waals surface area contributed by atoms with Crippen molar-refractivity contribution in [3.8, 4) is 0 Å². The average Bonchev–Trinajstić information content (AvgIpc) is 3.36. The molecule has 1 spiro atoms. The summed E-state index contributed by atoms with van der Waals surface area (Å²) in [6.45, 7) is 2.19. The Morgan fingerprint density at radius 2 is 1.71 bits per heavy atom. The van der Waals surface area contributed by atoms with Crippen LogP contribution >= 0.6 is 0 Å². The summed E-state index contributed by atoms with van der Waals surface area (Å²) in [5.41, 5.74) is 1.10. The normalized spacial score (nSPS) is 22.1. The molecule has 1 atom stereocenters. The second kappa shape index (κ2) is 7.84. The number of piperidine rings is 1. The Balaban J connectivity index is 1.18. The maximum Gasteiger partial charge on any atom is 0.272 e. The summed E-state index contributed by atoms with van der Waals surface area (Å²) in [7, 11) is 0. The minimum Gasteiger partial charge on any atom is -0.337 e. The number of para-hydroxylation sites is 1. The van der Waals surface area contributed by atoms with Crippen molar-refractivity contribution in [1.82, 2.24) is 19.9 Å². The molecule has 0 bridgehead atoms. The molecular weight excluding hydrogens is 438 g/mol. The number of nitrogens with zero attached hydrogens (tertiary/aromatic N) is 4. The number of benzene rings is 2. The van der Waals surface area contributed by atoms with E-state index in [1.165, 1.54) is 12.1 Å². The number of hydrogen-bond acceptors (Lipinski definition) is 4. The van der Waals surface area contributed by atoms with Gasteiger partial charge in [0.25, 0.3) is 5.91 Å². The Bertz CT molecular complexity index is 1280. The molecule has 6 nitrogen and oxygen atoms in total. The van der Waals surface area contributed by atoms with Crippen molar-refractivity contribution in [2.24, 2.45) is 5.41 Å². The fourth-order valence-electron chi connectivity index (χ4n) is 5.72. The molecule has 3 aliphatic heterocycles. The van der Waals surface area contributed by atoms with Crippen LogP contribution in [0.2, 0.25) is 0 Å². The molecule has 0 radical (unpaired) electrons. The molecule has 3 aliphatic rings. The van der Waals surface area contributed by atoms with Gasteiger partial charge in [-0.05, 0) is 49.1 Å². The number of fused-ring (bicyclic) bond motifs is 2. The minimum absolute atomic E-state index is 0.00408. The van der Waals surface area contributed by atoms with Crippen LogP contribution in [0.15, 0.2) is 54.6 Å². The lowest BCUT2D eigenvalue weighted by Gasteiger charge is -2.37. The Labute approximate surface area is 195 Å². The maximum absolute atomic E-state index is 13.8. The van der Waals surface area contributed by atoms with Crippen LogP contribution in [-0.2, 0) is 4.79 Å². The van der Waals surface area contributed by atoms with Gasteiger partial charge in [-0.1, -0.05) is 24.3 Å².